The third-order valence-electron chi connectivity index (χ3n) is 2.06. The van der Waals surface area contributed by atoms with Gasteiger partial charge in [0.05, 0.1) is 16.6 Å². The number of rotatable bonds is 4. The van der Waals surface area contributed by atoms with Crippen LogP contribution < -0.4 is 0 Å². The fraction of sp³-hybridized carbons (Fsp3) is 0.400. The standard InChI is InChI=1S/C10H14O3S2/c1-3-14(11)10-8(2)5-4-6-9(10)7-15(12)13/h4-6H,3,7H2,1-2H3,(H,12,13). The van der Waals surface area contributed by atoms with Crippen LogP contribution >= 0.6 is 0 Å². The second-order valence-electron chi connectivity index (χ2n) is 3.16. The molecule has 0 heterocycles. The Bertz CT molecular complexity index is 402. The normalized spacial score (nSPS) is 14.9. The molecule has 0 saturated carbocycles. The Labute approximate surface area is 94.6 Å². The van der Waals surface area contributed by atoms with Gasteiger partial charge in [0.25, 0.3) is 0 Å². The van der Waals surface area contributed by atoms with E-state index in [0.29, 0.717) is 16.2 Å². The number of aryl methyl sites for hydroxylation is 1. The number of hydrogen-bond acceptors (Lipinski definition) is 2. The molecule has 2 unspecified atom stereocenters. The lowest BCUT2D eigenvalue weighted by atomic mass is 10.2. The highest BCUT2D eigenvalue weighted by Crippen LogP contribution is 2.20. The van der Waals surface area contributed by atoms with Crippen molar-refractivity contribution in [2.45, 2.75) is 24.5 Å². The zero-order valence-electron chi connectivity index (χ0n) is 8.73. The summed E-state index contributed by atoms with van der Waals surface area (Å²) in [6, 6.07) is 5.44. The van der Waals surface area contributed by atoms with Crippen LogP contribution in [0, 0.1) is 6.92 Å². The van der Waals surface area contributed by atoms with E-state index >= 15 is 0 Å². The second-order valence-corrected chi connectivity index (χ2v) is 5.77. The van der Waals surface area contributed by atoms with Crippen LogP contribution in [0.5, 0.6) is 0 Å². The topological polar surface area (TPSA) is 54.4 Å². The van der Waals surface area contributed by atoms with E-state index in [2.05, 4.69) is 0 Å². The monoisotopic (exact) mass is 246 g/mol. The van der Waals surface area contributed by atoms with Gasteiger partial charge in [0.15, 0.2) is 11.1 Å². The van der Waals surface area contributed by atoms with Gasteiger partial charge in [0, 0.05) is 10.6 Å². The molecular weight excluding hydrogens is 232 g/mol. The first-order valence-electron chi connectivity index (χ1n) is 4.60. The molecule has 1 N–H and O–H groups in total. The predicted octanol–water partition coefficient (Wildman–Crippen LogP) is 1.84. The van der Waals surface area contributed by atoms with E-state index in [1.807, 2.05) is 26.0 Å². The molecule has 0 aliphatic rings. The average Bonchev–Trinajstić information content (AvgIpc) is 2.16. The predicted molar refractivity (Wildman–Crippen MR) is 62.6 cm³/mol. The minimum Gasteiger partial charge on any atom is -0.306 e. The van der Waals surface area contributed by atoms with Crippen molar-refractivity contribution in [3.63, 3.8) is 0 Å². The zero-order valence-corrected chi connectivity index (χ0v) is 10.4. The average molecular weight is 246 g/mol. The quantitative estimate of drug-likeness (QED) is 0.825. The van der Waals surface area contributed by atoms with Crippen LogP contribution in [-0.4, -0.2) is 18.7 Å². The van der Waals surface area contributed by atoms with Crippen LogP contribution in [0.2, 0.25) is 0 Å². The van der Waals surface area contributed by atoms with E-state index in [1.165, 1.54) is 0 Å². The lowest BCUT2D eigenvalue weighted by Crippen LogP contribution is -2.04. The van der Waals surface area contributed by atoms with Gasteiger partial charge in [-0.2, -0.15) is 0 Å². The van der Waals surface area contributed by atoms with Gasteiger partial charge >= 0.3 is 0 Å². The summed E-state index contributed by atoms with van der Waals surface area (Å²) in [6.45, 7) is 3.70. The van der Waals surface area contributed by atoms with Gasteiger partial charge in [-0.3, -0.25) is 4.21 Å². The largest absolute Gasteiger partial charge is 0.306 e. The maximum atomic E-state index is 11.8. The molecule has 0 fully saturated rings. The molecular formula is C10H14O3S2. The second kappa shape index (κ2) is 5.53. The van der Waals surface area contributed by atoms with Crippen LogP contribution in [-0.2, 0) is 27.6 Å². The van der Waals surface area contributed by atoms with Gasteiger partial charge in [-0.25, -0.2) is 4.21 Å². The van der Waals surface area contributed by atoms with Gasteiger partial charge < -0.3 is 4.55 Å². The summed E-state index contributed by atoms with van der Waals surface area (Å²) >= 11 is -1.89. The van der Waals surface area contributed by atoms with Gasteiger partial charge in [0.1, 0.15) is 0 Å². The summed E-state index contributed by atoms with van der Waals surface area (Å²) in [5, 5.41) is 0. The molecule has 0 amide bonds. The highest BCUT2D eigenvalue weighted by molar-refractivity contribution is 7.85. The fourth-order valence-electron chi connectivity index (χ4n) is 1.43. The summed E-state index contributed by atoms with van der Waals surface area (Å²) in [4.78, 5) is 0.711. The van der Waals surface area contributed by atoms with Crippen LogP contribution in [0.3, 0.4) is 0 Å². The Hall–Kier alpha value is -0.520. The lowest BCUT2D eigenvalue weighted by molar-refractivity contribution is 0.563. The Morgan fingerprint density at radius 1 is 1.33 bits per heavy atom. The first-order valence-corrected chi connectivity index (χ1v) is 7.20. The molecule has 5 heteroatoms. The summed E-state index contributed by atoms with van der Waals surface area (Å²) in [7, 11) is -1.08. The molecule has 0 spiro atoms. The third-order valence-corrected chi connectivity index (χ3v) is 4.18. The molecule has 15 heavy (non-hydrogen) atoms. The van der Waals surface area contributed by atoms with Crippen molar-refractivity contribution < 1.29 is 13.0 Å². The summed E-state index contributed by atoms with van der Waals surface area (Å²) in [5.41, 5.74) is 1.62. The van der Waals surface area contributed by atoms with E-state index in [0.717, 1.165) is 5.56 Å². The van der Waals surface area contributed by atoms with Crippen LogP contribution in [0.25, 0.3) is 0 Å². The molecule has 0 bridgehead atoms. The van der Waals surface area contributed by atoms with E-state index in [4.69, 9.17) is 4.55 Å². The molecule has 84 valence electrons. The molecule has 0 aliphatic heterocycles. The number of benzene rings is 1. The first-order chi connectivity index (χ1) is 7.06. The summed E-state index contributed by atoms with van der Waals surface area (Å²) in [5.74, 6) is 0.568. The van der Waals surface area contributed by atoms with Crippen molar-refractivity contribution in [2.75, 3.05) is 5.75 Å². The van der Waals surface area contributed by atoms with E-state index in [9.17, 15) is 8.42 Å². The van der Waals surface area contributed by atoms with Gasteiger partial charge in [-0.05, 0) is 18.1 Å². The molecule has 0 saturated heterocycles. The highest BCUT2D eigenvalue weighted by atomic mass is 32.2. The van der Waals surface area contributed by atoms with Crippen molar-refractivity contribution in [3.05, 3.63) is 29.3 Å². The van der Waals surface area contributed by atoms with Crippen molar-refractivity contribution in [2.24, 2.45) is 0 Å². The van der Waals surface area contributed by atoms with Crippen molar-refractivity contribution in [3.8, 4) is 0 Å². The number of hydrogen-bond donors (Lipinski definition) is 1. The molecule has 0 aliphatic carbocycles. The van der Waals surface area contributed by atoms with Crippen LogP contribution in [0.15, 0.2) is 23.1 Å². The fourth-order valence-corrected chi connectivity index (χ4v) is 3.18. The maximum Gasteiger partial charge on any atom is 0.157 e. The molecule has 0 radical (unpaired) electrons. The molecule has 2 atom stereocenters. The maximum absolute atomic E-state index is 11.8. The Kier molecular flexibility index (Phi) is 4.63. The van der Waals surface area contributed by atoms with Crippen LogP contribution in [0.1, 0.15) is 18.1 Å². The Morgan fingerprint density at radius 3 is 2.53 bits per heavy atom. The molecule has 1 aromatic rings. The molecule has 1 rings (SSSR count). The van der Waals surface area contributed by atoms with Crippen LogP contribution in [0.4, 0.5) is 0 Å². The smallest absolute Gasteiger partial charge is 0.157 e. The Balaban J connectivity index is 3.20. The summed E-state index contributed by atoms with van der Waals surface area (Å²) in [6.07, 6.45) is 0. The van der Waals surface area contributed by atoms with Gasteiger partial charge in [-0.1, -0.05) is 25.1 Å². The van der Waals surface area contributed by atoms with E-state index in [-0.39, 0.29) is 5.75 Å². The first kappa shape index (κ1) is 12.5. The lowest BCUT2D eigenvalue weighted by Gasteiger charge is -2.09. The van der Waals surface area contributed by atoms with Gasteiger partial charge in [0.2, 0.25) is 0 Å². The molecule has 3 nitrogen and oxygen atoms in total. The highest BCUT2D eigenvalue weighted by Gasteiger charge is 2.12. The molecule has 1 aromatic carbocycles. The molecule has 0 aromatic heterocycles. The van der Waals surface area contributed by atoms with Gasteiger partial charge in [-0.15, -0.1) is 0 Å². The third kappa shape index (κ3) is 3.22. The van der Waals surface area contributed by atoms with Crippen molar-refractivity contribution in [1.82, 2.24) is 0 Å². The van der Waals surface area contributed by atoms with Crippen molar-refractivity contribution in [1.29, 1.82) is 0 Å². The van der Waals surface area contributed by atoms with E-state index < -0.39 is 21.9 Å². The minimum atomic E-state index is -1.89. The Morgan fingerprint density at radius 2 is 2.00 bits per heavy atom. The summed E-state index contributed by atoms with van der Waals surface area (Å²) < 4.78 is 31.4. The minimum absolute atomic E-state index is 0.0444. The SMILES string of the molecule is CCS(=O)c1c(C)cccc1CS(=O)O. The zero-order chi connectivity index (χ0) is 11.4. The van der Waals surface area contributed by atoms with E-state index in [1.54, 1.807) is 6.07 Å². The van der Waals surface area contributed by atoms with Crippen molar-refractivity contribution >= 4 is 21.9 Å².